The van der Waals surface area contributed by atoms with Crippen LogP contribution in [0.2, 0.25) is 0 Å². The van der Waals surface area contributed by atoms with Crippen LogP contribution in [0.5, 0.6) is 0 Å². The summed E-state index contributed by atoms with van der Waals surface area (Å²) in [5.74, 6) is 0.464. The van der Waals surface area contributed by atoms with Crippen molar-refractivity contribution in [3.63, 3.8) is 0 Å². The van der Waals surface area contributed by atoms with Crippen molar-refractivity contribution < 1.29 is 9.53 Å². The Bertz CT molecular complexity index is 141. The summed E-state index contributed by atoms with van der Waals surface area (Å²) in [6.07, 6.45) is 2.70. The maximum Gasteiger partial charge on any atom is 0.306 e. The van der Waals surface area contributed by atoms with Gasteiger partial charge in [-0.05, 0) is 25.7 Å². The topological polar surface area (TPSA) is 40.4 Å². The van der Waals surface area contributed by atoms with Crippen molar-refractivity contribution in [1.82, 2.24) is 5.32 Å². The van der Waals surface area contributed by atoms with Crippen molar-refractivity contribution in [3.05, 3.63) is 0 Å². The highest BCUT2D eigenvalue weighted by Crippen LogP contribution is 2.16. The van der Waals surface area contributed by atoms with Gasteiger partial charge in [0.05, 0.1) is 6.61 Å². The minimum absolute atomic E-state index is 0.0515. The van der Waals surface area contributed by atoms with Gasteiger partial charge in [0.2, 0.25) is 0 Å². The van der Waals surface area contributed by atoms with Crippen LogP contribution in [-0.4, -0.2) is 25.7 Å². The van der Waals surface area contributed by atoms with Gasteiger partial charge in [0, 0.05) is 19.5 Å². The molecule has 1 fully saturated rings. The zero-order valence-corrected chi connectivity index (χ0v) is 7.58. The van der Waals surface area contributed by atoms with Gasteiger partial charge in [-0.15, -0.1) is 0 Å². The predicted octanol–water partition coefficient (Wildman–Crippen LogP) is 0.954. The molecule has 0 aromatic rings. The van der Waals surface area contributed by atoms with Crippen LogP contribution in [0.1, 0.15) is 26.2 Å². The lowest BCUT2D eigenvalue weighted by Crippen LogP contribution is -2.24. The van der Waals surface area contributed by atoms with Crippen LogP contribution >= 0.6 is 0 Å². The van der Waals surface area contributed by atoms with Gasteiger partial charge in [-0.2, -0.15) is 0 Å². The molecule has 1 radical (unpaired) electrons. The van der Waals surface area contributed by atoms with Gasteiger partial charge in [0.1, 0.15) is 0 Å². The molecular formula is C9H16NO2. The van der Waals surface area contributed by atoms with E-state index in [9.17, 15) is 4.79 Å². The SMILES string of the molecule is CCOC(=O)CC1CC[N]CC1. The Morgan fingerprint density at radius 2 is 2.17 bits per heavy atom. The first-order chi connectivity index (χ1) is 5.83. The minimum atomic E-state index is -0.0515. The van der Waals surface area contributed by atoms with Gasteiger partial charge < -0.3 is 4.74 Å². The van der Waals surface area contributed by atoms with Gasteiger partial charge in [-0.25, -0.2) is 5.32 Å². The second-order valence-electron chi connectivity index (χ2n) is 3.12. The van der Waals surface area contributed by atoms with E-state index in [0.29, 0.717) is 18.9 Å². The summed E-state index contributed by atoms with van der Waals surface area (Å²) in [6.45, 7) is 4.18. The second kappa shape index (κ2) is 5.14. The van der Waals surface area contributed by atoms with Crippen molar-refractivity contribution in [2.75, 3.05) is 19.7 Å². The molecule has 0 aromatic carbocycles. The van der Waals surface area contributed by atoms with E-state index in [1.807, 2.05) is 6.92 Å². The van der Waals surface area contributed by atoms with Gasteiger partial charge in [0.25, 0.3) is 0 Å². The summed E-state index contributed by atoms with van der Waals surface area (Å²) in [7, 11) is 0. The number of carbonyl (C=O) groups excluding carboxylic acids is 1. The van der Waals surface area contributed by atoms with Gasteiger partial charge in [0.15, 0.2) is 0 Å². The fourth-order valence-electron chi connectivity index (χ4n) is 1.46. The number of hydrogen-bond donors (Lipinski definition) is 0. The fraction of sp³-hybridized carbons (Fsp3) is 0.889. The Morgan fingerprint density at radius 1 is 1.50 bits per heavy atom. The van der Waals surface area contributed by atoms with E-state index in [0.717, 1.165) is 25.9 Å². The molecular weight excluding hydrogens is 154 g/mol. The van der Waals surface area contributed by atoms with E-state index in [1.165, 1.54) is 0 Å². The van der Waals surface area contributed by atoms with Crippen LogP contribution in [0.3, 0.4) is 0 Å². The maximum absolute atomic E-state index is 11.1. The van der Waals surface area contributed by atoms with Crippen LogP contribution in [0.25, 0.3) is 0 Å². The third-order valence-electron chi connectivity index (χ3n) is 2.15. The summed E-state index contributed by atoms with van der Waals surface area (Å²) in [4.78, 5) is 11.1. The summed E-state index contributed by atoms with van der Waals surface area (Å²) in [5, 5.41) is 4.23. The molecule has 3 nitrogen and oxygen atoms in total. The highest BCUT2D eigenvalue weighted by molar-refractivity contribution is 5.69. The Labute approximate surface area is 73.5 Å². The highest BCUT2D eigenvalue weighted by atomic mass is 16.5. The van der Waals surface area contributed by atoms with E-state index in [1.54, 1.807) is 0 Å². The summed E-state index contributed by atoms with van der Waals surface area (Å²) in [6, 6.07) is 0. The van der Waals surface area contributed by atoms with Crippen LogP contribution < -0.4 is 5.32 Å². The van der Waals surface area contributed by atoms with Gasteiger partial charge in [-0.3, -0.25) is 4.79 Å². The standard InChI is InChI=1S/C9H16NO2/c1-2-12-9(11)7-8-3-5-10-6-4-8/h8H,2-7H2,1H3. The number of esters is 1. The zero-order chi connectivity index (χ0) is 8.81. The fourth-order valence-corrected chi connectivity index (χ4v) is 1.46. The number of hydrogen-bond acceptors (Lipinski definition) is 2. The largest absolute Gasteiger partial charge is 0.466 e. The predicted molar refractivity (Wildman–Crippen MR) is 45.8 cm³/mol. The molecule has 1 aliphatic heterocycles. The molecule has 0 amide bonds. The number of carbonyl (C=O) groups is 1. The van der Waals surface area contributed by atoms with Crippen LogP contribution in [0.15, 0.2) is 0 Å². The van der Waals surface area contributed by atoms with E-state index >= 15 is 0 Å². The first-order valence-electron chi connectivity index (χ1n) is 4.61. The maximum atomic E-state index is 11.1. The van der Waals surface area contributed by atoms with Crippen LogP contribution in [0.4, 0.5) is 0 Å². The second-order valence-corrected chi connectivity index (χ2v) is 3.12. The molecule has 3 heteroatoms. The molecule has 0 atom stereocenters. The molecule has 1 rings (SSSR count). The third kappa shape index (κ3) is 3.22. The van der Waals surface area contributed by atoms with Gasteiger partial charge >= 0.3 is 5.97 Å². The number of piperidine rings is 1. The molecule has 1 heterocycles. The molecule has 0 bridgehead atoms. The molecule has 0 spiro atoms. The van der Waals surface area contributed by atoms with Crippen LogP contribution in [-0.2, 0) is 9.53 Å². The molecule has 1 aliphatic rings. The van der Waals surface area contributed by atoms with Crippen molar-refractivity contribution in [1.29, 1.82) is 0 Å². The molecule has 0 unspecified atom stereocenters. The Hall–Kier alpha value is -0.570. The minimum Gasteiger partial charge on any atom is -0.466 e. The lowest BCUT2D eigenvalue weighted by Gasteiger charge is -2.20. The molecule has 0 N–H and O–H groups in total. The average molecular weight is 170 g/mol. The number of rotatable bonds is 3. The molecule has 1 saturated heterocycles. The average Bonchev–Trinajstić information content (AvgIpc) is 2.06. The normalized spacial score (nSPS) is 19.1. The molecule has 69 valence electrons. The van der Waals surface area contributed by atoms with Crippen LogP contribution in [0, 0.1) is 5.92 Å². The zero-order valence-electron chi connectivity index (χ0n) is 7.58. The molecule has 0 aromatic heterocycles. The van der Waals surface area contributed by atoms with E-state index in [2.05, 4.69) is 5.32 Å². The van der Waals surface area contributed by atoms with E-state index in [-0.39, 0.29) is 5.97 Å². The van der Waals surface area contributed by atoms with E-state index in [4.69, 9.17) is 4.74 Å². The number of ether oxygens (including phenoxy) is 1. The van der Waals surface area contributed by atoms with Gasteiger partial charge in [-0.1, -0.05) is 0 Å². The van der Waals surface area contributed by atoms with Crippen molar-refractivity contribution in [3.8, 4) is 0 Å². The Morgan fingerprint density at radius 3 is 2.75 bits per heavy atom. The summed E-state index contributed by atoms with van der Waals surface area (Å²) < 4.78 is 4.88. The smallest absolute Gasteiger partial charge is 0.306 e. The monoisotopic (exact) mass is 170 g/mol. The van der Waals surface area contributed by atoms with Crippen molar-refractivity contribution in [2.45, 2.75) is 26.2 Å². The Kier molecular flexibility index (Phi) is 4.08. The lowest BCUT2D eigenvalue weighted by molar-refractivity contribution is -0.144. The first kappa shape index (κ1) is 9.52. The Balaban J connectivity index is 2.15. The summed E-state index contributed by atoms with van der Waals surface area (Å²) in [5.41, 5.74) is 0. The first-order valence-corrected chi connectivity index (χ1v) is 4.61. The number of nitrogens with zero attached hydrogens (tertiary/aromatic N) is 1. The van der Waals surface area contributed by atoms with Crippen molar-refractivity contribution in [2.24, 2.45) is 5.92 Å². The third-order valence-corrected chi connectivity index (χ3v) is 2.15. The molecule has 0 saturated carbocycles. The summed E-state index contributed by atoms with van der Waals surface area (Å²) >= 11 is 0. The quantitative estimate of drug-likeness (QED) is 0.592. The highest BCUT2D eigenvalue weighted by Gasteiger charge is 2.17. The van der Waals surface area contributed by atoms with E-state index < -0.39 is 0 Å². The molecule has 0 aliphatic carbocycles. The molecule has 12 heavy (non-hydrogen) atoms. The lowest BCUT2D eigenvalue weighted by atomic mass is 9.95. The van der Waals surface area contributed by atoms with Crippen molar-refractivity contribution >= 4 is 5.97 Å².